The zero-order valence-corrected chi connectivity index (χ0v) is 19.6. The molecule has 7 atom stereocenters. The molecule has 2 aliphatic rings. The highest BCUT2D eigenvalue weighted by Gasteiger charge is 2.61. The molecule has 1 fully saturated rings. The zero-order valence-electron chi connectivity index (χ0n) is 19.6. The van der Waals surface area contributed by atoms with Crippen LogP contribution in [-0.4, -0.2) is 50.8 Å². The van der Waals surface area contributed by atoms with Gasteiger partial charge in [0.2, 0.25) is 5.78 Å². The second-order valence-corrected chi connectivity index (χ2v) is 10.0. The fraction of sp³-hybridized carbons (Fsp3) is 0.840. The van der Waals surface area contributed by atoms with Crippen molar-refractivity contribution in [2.75, 3.05) is 6.61 Å². The van der Waals surface area contributed by atoms with Gasteiger partial charge in [-0.1, -0.05) is 59.3 Å². The van der Waals surface area contributed by atoms with Crippen LogP contribution in [0, 0.1) is 29.1 Å². The largest absolute Gasteiger partial charge is 0.504 e. The highest BCUT2D eigenvalue weighted by atomic mass is 16.3. The molecule has 0 aliphatic heterocycles. The molecule has 2 aliphatic carbocycles. The van der Waals surface area contributed by atoms with Gasteiger partial charge in [-0.25, -0.2) is 0 Å². The minimum absolute atomic E-state index is 0.118. The number of fused-ring (bicyclic) bond motifs is 1. The van der Waals surface area contributed by atoms with E-state index in [0.717, 1.165) is 25.7 Å². The van der Waals surface area contributed by atoms with Gasteiger partial charge in [0.25, 0.3) is 0 Å². The molecule has 0 aromatic rings. The molecule has 0 spiro atoms. The Hall–Kier alpha value is -1.24. The molecule has 0 aromatic heterocycles. The normalized spacial score (nSPS) is 34.5. The first-order valence-electron chi connectivity index (χ1n) is 12.1. The van der Waals surface area contributed by atoms with E-state index in [1.807, 2.05) is 6.92 Å². The van der Waals surface area contributed by atoms with Gasteiger partial charge in [0, 0.05) is 18.9 Å². The number of hydrogen-bond donors (Lipinski definition) is 4. The first-order valence-corrected chi connectivity index (χ1v) is 12.1. The smallest absolute Gasteiger partial charge is 0.203 e. The maximum absolute atomic E-state index is 13.3. The van der Waals surface area contributed by atoms with E-state index in [-0.39, 0.29) is 37.1 Å². The highest BCUT2D eigenvalue weighted by molar-refractivity contribution is 6.02. The van der Waals surface area contributed by atoms with E-state index in [9.17, 15) is 30.0 Å². The minimum atomic E-state index is -1.30. The van der Waals surface area contributed by atoms with Crippen LogP contribution >= 0.6 is 0 Å². The minimum Gasteiger partial charge on any atom is -0.504 e. The molecule has 2 rings (SSSR count). The van der Waals surface area contributed by atoms with Gasteiger partial charge in [0.15, 0.2) is 5.76 Å². The summed E-state index contributed by atoms with van der Waals surface area (Å²) in [5, 5.41) is 42.2. The zero-order chi connectivity index (χ0) is 23.3. The van der Waals surface area contributed by atoms with Crippen LogP contribution in [0.1, 0.15) is 85.5 Å². The lowest BCUT2D eigenvalue weighted by Crippen LogP contribution is -2.61. The summed E-state index contributed by atoms with van der Waals surface area (Å²) in [6, 6.07) is 0. The average Bonchev–Trinajstić information content (AvgIpc) is 2.71. The fourth-order valence-electron chi connectivity index (χ4n) is 6.07. The number of aliphatic hydroxyl groups excluding tert-OH is 4. The number of Topliss-reactive ketones (excluding diaryl/α,β-unsaturated/α-hetero) is 2. The lowest BCUT2D eigenvalue weighted by Gasteiger charge is -2.53. The van der Waals surface area contributed by atoms with Gasteiger partial charge in [-0.3, -0.25) is 9.59 Å². The Morgan fingerprint density at radius 3 is 2.39 bits per heavy atom. The van der Waals surface area contributed by atoms with Crippen LogP contribution in [0.25, 0.3) is 0 Å². The van der Waals surface area contributed by atoms with Crippen LogP contribution in [0.5, 0.6) is 0 Å². The van der Waals surface area contributed by atoms with Crippen LogP contribution in [-0.2, 0) is 9.59 Å². The van der Waals surface area contributed by atoms with Gasteiger partial charge in [-0.15, -0.1) is 0 Å². The second kappa shape index (κ2) is 11.1. The Bertz CT molecular complexity index is 671. The van der Waals surface area contributed by atoms with Crippen LogP contribution in [0.15, 0.2) is 11.3 Å². The molecule has 6 heteroatoms. The van der Waals surface area contributed by atoms with Crippen LogP contribution < -0.4 is 0 Å². The summed E-state index contributed by atoms with van der Waals surface area (Å²) in [7, 11) is 0. The quantitative estimate of drug-likeness (QED) is 0.366. The van der Waals surface area contributed by atoms with Crippen molar-refractivity contribution in [2.24, 2.45) is 29.1 Å². The van der Waals surface area contributed by atoms with E-state index < -0.39 is 41.0 Å². The summed E-state index contributed by atoms with van der Waals surface area (Å²) in [4.78, 5) is 26.5. The van der Waals surface area contributed by atoms with Crippen molar-refractivity contribution in [2.45, 2.75) is 97.7 Å². The van der Waals surface area contributed by atoms with Crippen LogP contribution in [0.2, 0.25) is 0 Å². The Morgan fingerprint density at radius 2 is 1.77 bits per heavy atom. The van der Waals surface area contributed by atoms with Crippen molar-refractivity contribution >= 4 is 11.6 Å². The molecular weight excluding hydrogens is 396 g/mol. The van der Waals surface area contributed by atoms with E-state index >= 15 is 0 Å². The molecule has 6 nitrogen and oxygen atoms in total. The van der Waals surface area contributed by atoms with E-state index in [0.29, 0.717) is 5.57 Å². The Kier molecular flexibility index (Phi) is 9.28. The van der Waals surface area contributed by atoms with Crippen molar-refractivity contribution in [3.05, 3.63) is 11.3 Å². The van der Waals surface area contributed by atoms with Crippen molar-refractivity contribution in [1.82, 2.24) is 0 Å². The van der Waals surface area contributed by atoms with Gasteiger partial charge >= 0.3 is 0 Å². The maximum atomic E-state index is 13.3. The molecule has 0 radical (unpaired) electrons. The number of carbonyl (C=O) groups is 2. The first-order chi connectivity index (χ1) is 14.6. The number of carbonyl (C=O) groups excluding carboxylic acids is 2. The Labute approximate surface area is 186 Å². The fourth-order valence-corrected chi connectivity index (χ4v) is 6.07. The lowest BCUT2D eigenvalue weighted by atomic mass is 9.50. The molecule has 178 valence electrons. The standard InChI is InChI=1S/C25H42O6/c1-5-6-7-8-9-10-11-15(2)20-24(31)23(30)19-21(17(27)14-16(3)22(19)29)25(20,4)18(28)12-13-26/h15-17,19,21-22,26-27,29,31H,5-14H2,1-4H3. The molecule has 0 heterocycles. The number of unbranched alkanes of at least 4 members (excludes halogenated alkanes) is 5. The van der Waals surface area contributed by atoms with Gasteiger partial charge in [0.05, 0.1) is 23.5 Å². The highest BCUT2D eigenvalue weighted by Crippen LogP contribution is 2.55. The lowest BCUT2D eigenvalue weighted by molar-refractivity contribution is -0.161. The molecule has 0 bridgehead atoms. The predicted octanol–water partition coefficient (Wildman–Crippen LogP) is 3.72. The molecule has 0 saturated heterocycles. The third kappa shape index (κ3) is 5.07. The monoisotopic (exact) mass is 438 g/mol. The first kappa shape index (κ1) is 26.0. The van der Waals surface area contributed by atoms with E-state index in [2.05, 4.69) is 6.92 Å². The molecule has 0 aromatic carbocycles. The third-order valence-corrected chi connectivity index (χ3v) is 7.78. The van der Waals surface area contributed by atoms with Gasteiger partial charge in [-0.05, 0) is 37.2 Å². The summed E-state index contributed by atoms with van der Waals surface area (Å²) in [6.45, 7) is 7.21. The summed E-state index contributed by atoms with van der Waals surface area (Å²) < 4.78 is 0. The van der Waals surface area contributed by atoms with Crippen molar-refractivity contribution in [1.29, 1.82) is 0 Å². The average molecular weight is 439 g/mol. The summed E-state index contributed by atoms with van der Waals surface area (Å²) >= 11 is 0. The van der Waals surface area contributed by atoms with Gasteiger partial charge < -0.3 is 20.4 Å². The Morgan fingerprint density at radius 1 is 1.16 bits per heavy atom. The van der Waals surface area contributed by atoms with E-state index in [1.54, 1.807) is 13.8 Å². The second-order valence-electron chi connectivity index (χ2n) is 10.0. The maximum Gasteiger partial charge on any atom is 0.203 e. The number of ketones is 2. The van der Waals surface area contributed by atoms with Crippen molar-refractivity contribution in [3.8, 4) is 0 Å². The number of aliphatic hydroxyl groups is 4. The van der Waals surface area contributed by atoms with Crippen LogP contribution in [0.4, 0.5) is 0 Å². The number of rotatable bonds is 11. The number of hydrogen-bond acceptors (Lipinski definition) is 6. The summed E-state index contributed by atoms with van der Waals surface area (Å²) in [6.07, 6.45) is 5.64. The molecular formula is C25H42O6. The predicted molar refractivity (Wildman–Crippen MR) is 119 cm³/mol. The summed E-state index contributed by atoms with van der Waals surface area (Å²) in [5.41, 5.74) is -0.917. The molecule has 4 N–H and O–H groups in total. The SMILES string of the molecule is CCCCCCCCC(C)C1=C(O)C(=O)C2C(O)C(C)CC(O)C2C1(C)C(=O)CCO. The number of allylic oxidation sites excluding steroid dienone is 2. The molecule has 31 heavy (non-hydrogen) atoms. The van der Waals surface area contributed by atoms with Crippen LogP contribution in [0.3, 0.4) is 0 Å². The van der Waals surface area contributed by atoms with Gasteiger partial charge in [0.1, 0.15) is 5.78 Å². The molecule has 7 unspecified atom stereocenters. The third-order valence-electron chi connectivity index (χ3n) is 7.78. The summed E-state index contributed by atoms with van der Waals surface area (Å²) in [5.74, 6) is -3.63. The van der Waals surface area contributed by atoms with E-state index in [1.165, 1.54) is 19.3 Å². The topological polar surface area (TPSA) is 115 Å². The van der Waals surface area contributed by atoms with Gasteiger partial charge in [-0.2, -0.15) is 0 Å². The Balaban J connectivity index is 2.39. The molecule has 0 amide bonds. The van der Waals surface area contributed by atoms with Crippen molar-refractivity contribution in [3.63, 3.8) is 0 Å². The molecule has 1 saturated carbocycles. The van der Waals surface area contributed by atoms with E-state index in [4.69, 9.17) is 0 Å². The van der Waals surface area contributed by atoms with Crippen molar-refractivity contribution < 1.29 is 30.0 Å².